The lowest BCUT2D eigenvalue weighted by atomic mass is 10.1. The van der Waals surface area contributed by atoms with E-state index >= 15 is 0 Å². The van der Waals surface area contributed by atoms with E-state index in [0.29, 0.717) is 13.2 Å². The Hall–Kier alpha value is -0.610. The van der Waals surface area contributed by atoms with E-state index in [-0.39, 0.29) is 18.1 Å². The summed E-state index contributed by atoms with van der Waals surface area (Å²) in [6, 6.07) is 0. The highest BCUT2D eigenvalue weighted by atomic mass is 16.6. The van der Waals surface area contributed by atoms with Crippen LogP contribution >= 0.6 is 0 Å². The summed E-state index contributed by atoms with van der Waals surface area (Å²) < 4.78 is 10.7. The van der Waals surface area contributed by atoms with Gasteiger partial charge in [0.05, 0.1) is 12.1 Å². The minimum Gasteiger partial charge on any atom is -0.459 e. The normalized spacial score (nSPS) is 12.6. The lowest BCUT2D eigenvalue weighted by Crippen LogP contribution is -2.41. The van der Waals surface area contributed by atoms with Gasteiger partial charge in [0, 0.05) is 13.2 Å². The van der Waals surface area contributed by atoms with Crippen LogP contribution < -0.4 is 5.32 Å². The Morgan fingerprint density at radius 2 is 1.75 bits per heavy atom. The van der Waals surface area contributed by atoms with Crippen molar-refractivity contribution < 1.29 is 14.3 Å². The summed E-state index contributed by atoms with van der Waals surface area (Å²) >= 11 is 0. The first kappa shape index (κ1) is 15.4. The number of hydrogen-bond donors (Lipinski definition) is 1. The van der Waals surface area contributed by atoms with Crippen LogP contribution in [0.5, 0.6) is 0 Å². The van der Waals surface area contributed by atoms with Crippen LogP contribution in [-0.4, -0.2) is 36.9 Å². The van der Waals surface area contributed by atoms with Gasteiger partial charge in [0.1, 0.15) is 5.60 Å². The quantitative estimate of drug-likeness (QED) is 0.707. The maximum absolute atomic E-state index is 11.4. The highest BCUT2D eigenvalue weighted by Crippen LogP contribution is 2.08. The molecule has 0 radical (unpaired) electrons. The number of hydrogen-bond acceptors (Lipinski definition) is 4. The van der Waals surface area contributed by atoms with Crippen LogP contribution in [0.25, 0.3) is 0 Å². The second kappa shape index (κ2) is 6.21. The van der Waals surface area contributed by atoms with Gasteiger partial charge in [-0.15, -0.1) is 0 Å². The summed E-state index contributed by atoms with van der Waals surface area (Å²) in [7, 11) is 0. The topological polar surface area (TPSA) is 47.6 Å². The maximum Gasteiger partial charge on any atom is 0.320 e. The Morgan fingerprint density at radius 1 is 1.19 bits per heavy atom. The van der Waals surface area contributed by atoms with E-state index in [2.05, 4.69) is 5.32 Å². The van der Waals surface area contributed by atoms with Gasteiger partial charge >= 0.3 is 5.97 Å². The van der Waals surface area contributed by atoms with Crippen LogP contribution in [0.15, 0.2) is 0 Å². The van der Waals surface area contributed by atoms with Crippen molar-refractivity contribution in [2.24, 2.45) is 0 Å². The molecular formula is C12H25NO3. The molecule has 0 atom stereocenters. The molecule has 0 aliphatic heterocycles. The van der Waals surface area contributed by atoms with E-state index in [4.69, 9.17) is 9.47 Å². The summed E-state index contributed by atoms with van der Waals surface area (Å²) in [5.74, 6) is -0.236. The fourth-order valence-corrected chi connectivity index (χ4v) is 1.28. The molecule has 0 aliphatic rings. The number of carbonyl (C=O) groups is 1. The smallest absolute Gasteiger partial charge is 0.320 e. The van der Waals surface area contributed by atoms with E-state index in [1.165, 1.54) is 0 Å². The van der Waals surface area contributed by atoms with E-state index in [9.17, 15) is 4.79 Å². The van der Waals surface area contributed by atoms with Crippen molar-refractivity contribution in [1.82, 2.24) is 5.32 Å². The van der Waals surface area contributed by atoms with Crippen LogP contribution in [0.1, 0.15) is 41.5 Å². The van der Waals surface area contributed by atoms with Crippen LogP contribution in [0.2, 0.25) is 0 Å². The van der Waals surface area contributed by atoms with Crippen LogP contribution in [0.4, 0.5) is 0 Å². The predicted octanol–water partition coefficient (Wildman–Crippen LogP) is 1.73. The van der Waals surface area contributed by atoms with Gasteiger partial charge in [-0.25, -0.2) is 0 Å². The van der Waals surface area contributed by atoms with E-state index in [0.717, 1.165) is 0 Å². The molecule has 0 unspecified atom stereocenters. The van der Waals surface area contributed by atoms with Gasteiger partial charge < -0.3 is 14.8 Å². The molecule has 4 heteroatoms. The fourth-order valence-electron chi connectivity index (χ4n) is 1.28. The molecule has 0 amide bonds. The van der Waals surface area contributed by atoms with Gasteiger partial charge in [0.25, 0.3) is 0 Å². The number of ether oxygens (including phenoxy) is 2. The molecule has 0 saturated heterocycles. The molecular weight excluding hydrogens is 206 g/mol. The summed E-state index contributed by atoms with van der Waals surface area (Å²) in [6.07, 6.45) is 0. The first-order valence-electron chi connectivity index (χ1n) is 5.73. The van der Waals surface area contributed by atoms with Crippen molar-refractivity contribution in [1.29, 1.82) is 0 Å². The van der Waals surface area contributed by atoms with Crippen molar-refractivity contribution in [3.05, 3.63) is 0 Å². The predicted molar refractivity (Wildman–Crippen MR) is 64.4 cm³/mol. The number of carbonyl (C=O) groups excluding carboxylic acids is 1. The van der Waals surface area contributed by atoms with Crippen molar-refractivity contribution >= 4 is 5.97 Å². The second-order valence-electron chi connectivity index (χ2n) is 5.38. The minimum atomic E-state index is -0.422. The number of rotatable bonds is 6. The Morgan fingerprint density at radius 3 is 2.19 bits per heavy atom. The molecule has 0 aromatic carbocycles. The molecule has 96 valence electrons. The molecule has 4 nitrogen and oxygen atoms in total. The number of nitrogens with one attached hydrogen (secondary N) is 1. The van der Waals surface area contributed by atoms with Gasteiger partial charge in [0.15, 0.2) is 0 Å². The van der Waals surface area contributed by atoms with Crippen LogP contribution in [0.3, 0.4) is 0 Å². The Kier molecular flexibility index (Phi) is 5.97. The van der Waals surface area contributed by atoms with Crippen LogP contribution in [0, 0.1) is 0 Å². The van der Waals surface area contributed by atoms with Gasteiger partial charge in [-0.3, -0.25) is 4.79 Å². The van der Waals surface area contributed by atoms with Crippen molar-refractivity contribution in [2.45, 2.75) is 52.7 Å². The standard InChI is InChI=1S/C12H25NO3/c1-7-15-12(5,6)9-13-8-10(14)16-11(2,3)4/h13H,7-9H2,1-6H3. The third-order valence-electron chi connectivity index (χ3n) is 1.78. The maximum atomic E-state index is 11.4. The lowest BCUT2D eigenvalue weighted by molar-refractivity contribution is -0.153. The summed E-state index contributed by atoms with van der Waals surface area (Å²) in [4.78, 5) is 11.4. The summed E-state index contributed by atoms with van der Waals surface area (Å²) in [5, 5.41) is 3.03. The highest BCUT2D eigenvalue weighted by Gasteiger charge is 2.19. The molecule has 0 aliphatic carbocycles. The molecule has 16 heavy (non-hydrogen) atoms. The molecule has 0 saturated carbocycles. The molecule has 0 aromatic rings. The molecule has 1 N–H and O–H groups in total. The third kappa shape index (κ3) is 8.68. The largest absolute Gasteiger partial charge is 0.459 e. The fraction of sp³-hybridized carbons (Fsp3) is 0.917. The SMILES string of the molecule is CCOC(C)(C)CNCC(=O)OC(C)(C)C. The van der Waals surface area contributed by atoms with Crippen molar-refractivity contribution in [3.8, 4) is 0 Å². The van der Waals surface area contributed by atoms with Gasteiger partial charge in [-0.1, -0.05) is 0 Å². The van der Waals surface area contributed by atoms with Crippen molar-refractivity contribution in [2.75, 3.05) is 19.7 Å². The first-order chi connectivity index (χ1) is 7.16. The monoisotopic (exact) mass is 231 g/mol. The molecule has 0 fully saturated rings. The average Bonchev–Trinajstić information content (AvgIpc) is 1.99. The zero-order valence-corrected chi connectivity index (χ0v) is 11.3. The van der Waals surface area contributed by atoms with Crippen LogP contribution in [-0.2, 0) is 14.3 Å². The Labute approximate surface area is 98.7 Å². The van der Waals surface area contributed by atoms with Crippen molar-refractivity contribution in [3.63, 3.8) is 0 Å². The molecule has 0 rings (SSSR count). The van der Waals surface area contributed by atoms with Gasteiger partial charge in [0.2, 0.25) is 0 Å². The number of esters is 1. The molecule has 0 aromatic heterocycles. The average molecular weight is 231 g/mol. The third-order valence-corrected chi connectivity index (χ3v) is 1.78. The summed E-state index contributed by atoms with van der Waals surface area (Å²) in [5.41, 5.74) is -0.676. The van der Waals surface area contributed by atoms with E-state index < -0.39 is 5.60 Å². The van der Waals surface area contributed by atoms with Gasteiger partial charge in [-0.05, 0) is 41.5 Å². The first-order valence-corrected chi connectivity index (χ1v) is 5.73. The Bertz CT molecular complexity index is 219. The van der Waals surface area contributed by atoms with E-state index in [1.807, 2.05) is 41.5 Å². The second-order valence-corrected chi connectivity index (χ2v) is 5.38. The molecule has 0 spiro atoms. The van der Waals surface area contributed by atoms with E-state index in [1.54, 1.807) is 0 Å². The van der Waals surface area contributed by atoms with Gasteiger partial charge in [-0.2, -0.15) is 0 Å². The zero-order valence-electron chi connectivity index (χ0n) is 11.3. The summed E-state index contributed by atoms with van der Waals surface area (Å²) in [6.45, 7) is 13.0. The highest BCUT2D eigenvalue weighted by molar-refractivity contribution is 5.72. The molecule has 0 heterocycles. The minimum absolute atomic E-state index is 0.216. The lowest BCUT2D eigenvalue weighted by Gasteiger charge is -2.25. The molecule has 0 bridgehead atoms. The Balaban J connectivity index is 3.78. The zero-order chi connectivity index (χ0) is 12.8.